The molecular formula is C14H26N2O3. The molecule has 2 N–H and O–H groups in total. The monoisotopic (exact) mass is 270 g/mol. The van der Waals surface area contributed by atoms with E-state index in [0.29, 0.717) is 13.1 Å². The highest BCUT2D eigenvalue weighted by molar-refractivity contribution is 5.83. The second-order valence-electron chi connectivity index (χ2n) is 6.47. The summed E-state index contributed by atoms with van der Waals surface area (Å²) in [6.45, 7) is 8.22. The largest absolute Gasteiger partial charge is 0.394 e. The molecule has 0 aromatic carbocycles. The number of morpholine rings is 1. The van der Waals surface area contributed by atoms with Crippen molar-refractivity contribution in [3.05, 3.63) is 0 Å². The van der Waals surface area contributed by atoms with E-state index in [0.717, 1.165) is 19.4 Å². The molecule has 3 atom stereocenters. The number of piperidine rings is 1. The van der Waals surface area contributed by atoms with Crippen molar-refractivity contribution < 1.29 is 14.6 Å². The Bertz CT molecular complexity index is 333. The lowest BCUT2D eigenvalue weighted by Crippen LogP contribution is -2.60. The maximum Gasteiger partial charge on any atom is 0.240 e. The maximum absolute atomic E-state index is 12.7. The molecule has 5 heteroatoms. The number of carbonyl (C=O) groups is 1. The van der Waals surface area contributed by atoms with Gasteiger partial charge in [-0.25, -0.2) is 0 Å². The molecule has 3 unspecified atom stereocenters. The van der Waals surface area contributed by atoms with E-state index in [2.05, 4.69) is 19.2 Å². The van der Waals surface area contributed by atoms with Crippen molar-refractivity contribution in [3.63, 3.8) is 0 Å². The number of hydrogen-bond donors (Lipinski definition) is 2. The van der Waals surface area contributed by atoms with Gasteiger partial charge >= 0.3 is 0 Å². The summed E-state index contributed by atoms with van der Waals surface area (Å²) in [6.07, 6.45) is 1.93. The zero-order valence-corrected chi connectivity index (χ0v) is 12.2. The van der Waals surface area contributed by atoms with Crippen molar-refractivity contribution in [2.45, 2.75) is 51.9 Å². The fraction of sp³-hybridized carbons (Fsp3) is 0.929. The summed E-state index contributed by atoms with van der Waals surface area (Å²) in [4.78, 5) is 14.5. The molecule has 0 bridgehead atoms. The molecule has 0 saturated carbocycles. The van der Waals surface area contributed by atoms with Gasteiger partial charge in [-0.05, 0) is 31.7 Å². The Hall–Kier alpha value is -0.650. The number of rotatable bonds is 2. The minimum Gasteiger partial charge on any atom is -0.394 e. The first-order valence-electron chi connectivity index (χ1n) is 7.22. The molecule has 0 aliphatic carbocycles. The number of nitrogens with zero attached hydrogens (tertiary/aromatic N) is 1. The van der Waals surface area contributed by atoms with Crippen molar-refractivity contribution in [2.24, 2.45) is 5.41 Å². The van der Waals surface area contributed by atoms with Gasteiger partial charge in [0.25, 0.3) is 0 Å². The number of nitrogens with one attached hydrogen (secondary N) is 1. The third-order valence-corrected chi connectivity index (χ3v) is 4.22. The molecule has 0 spiro atoms. The predicted octanol–water partition coefficient (Wildman–Crippen LogP) is 0.373. The average molecular weight is 270 g/mol. The molecule has 0 aromatic rings. The maximum atomic E-state index is 12.7. The molecule has 2 saturated heterocycles. The predicted molar refractivity (Wildman–Crippen MR) is 72.8 cm³/mol. The number of amides is 1. The van der Waals surface area contributed by atoms with Gasteiger partial charge in [0.15, 0.2) is 0 Å². The zero-order chi connectivity index (χ0) is 14.0. The molecule has 2 aliphatic rings. The number of carbonyl (C=O) groups excluding carboxylic acids is 1. The van der Waals surface area contributed by atoms with Crippen LogP contribution in [-0.4, -0.2) is 60.4 Å². The van der Waals surface area contributed by atoms with E-state index in [1.54, 1.807) is 0 Å². The summed E-state index contributed by atoms with van der Waals surface area (Å²) in [6, 6.07) is -0.120. The van der Waals surface area contributed by atoms with E-state index in [1.165, 1.54) is 0 Å². The molecule has 0 radical (unpaired) electrons. The van der Waals surface area contributed by atoms with Gasteiger partial charge < -0.3 is 20.1 Å². The molecule has 110 valence electrons. The van der Waals surface area contributed by atoms with E-state index in [-0.39, 0.29) is 36.2 Å². The fourth-order valence-corrected chi connectivity index (χ4v) is 3.14. The van der Waals surface area contributed by atoms with Gasteiger partial charge in [0, 0.05) is 13.1 Å². The van der Waals surface area contributed by atoms with Gasteiger partial charge in [-0.15, -0.1) is 0 Å². The van der Waals surface area contributed by atoms with Crippen LogP contribution in [0.5, 0.6) is 0 Å². The Labute approximate surface area is 115 Å². The van der Waals surface area contributed by atoms with Crippen LogP contribution >= 0.6 is 0 Å². The van der Waals surface area contributed by atoms with Crippen molar-refractivity contribution in [3.8, 4) is 0 Å². The highest BCUT2D eigenvalue weighted by Gasteiger charge is 2.41. The van der Waals surface area contributed by atoms with Crippen molar-refractivity contribution in [2.75, 3.05) is 26.2 Å². The lowest BCUT2D eigenvalue weighted by Gasteiger charge is -2.43. The Morgan fingerprint density at radius 1 is 1.47 bits per heavy atom. The van der Waals surface area contributed by atoms with Gasteiger partial charge in [-0.2, -0.15) is 0 Å². The van der Waals surface area contributed by atoms with Crippen LogP contribution in [0, 0.1) is 5.41 Å². The lowest BCUT2D eigenvalue weighted by atomic mass is 9.77. The van der Waals surface area contributed by atoms with E-state index in [4.69, 9.17) is 4.74 Å². The average Bonchev–Trinajstić information content (AvgIpc) is 2.36. The van der Waals surface area contributed by atoms with E-state index < -0.39 is 0 Å². The third kappa shape index (κ3) is 3.27. The van der Waals surface area contributed by atoms with Crippen molar-refractivity contribution in [1.82, 2.24) is 10.2 Å². The van der Waals surface area contributed by atoms with Gasteiger partial charge in [0.1, 0.15) is 0 Å². The summed E-state index contributed by atoms with van der Waals surface area (Å²) < 4.78 is 5.59. The van der Waals surface area contributed by atoms with E-state index in [9.17, 15) is 9.90 Å². The highest BCUT2D eigenvalue weighted by atomic mass is 16.5. The van der Waals surface area contributed by atoms with Crippen LogP contribution in [0.2, 0.25) is 0 Å². The van der Waals surface area contributed by atoms with Crippen LogP contribution in [0.15, 0.2) is 0 Å². The summed E-state index contributed by atoms with van der Waals surface area (Å²) >= 11 is 0. The van der Waals surface area contributed by atoms with Gasteiger partial charge in [0.05, 0.1) is 24.9 Å². The molecule has 2 rings (SSSR count). The molecule has 1 amide bonds. The Kier molecular flexibility index (Phi) is 4.48. The Morgan fingerprint density at radius 2 is 2.21 bits per heavy atom. The van der Waals surface area contributed by atoms with E-state index in [1.807, 2.05) is 11.8 Å². The minimum absolute atomic E-state index is 0.00835. The first-order chi connectivity index (χ1) is 8.94. The zero-order valence-electron chi connectivity index (χ0n) is 12.2. The quantitative estimate of drug-likeness (QED) is 0.761. The fourth-order valence-electron chi connectivity index (χ4n) is 3.14. The molecule has 2 fully saturated rings. The normalized spacial score (nSPS) is 35.2. The lowest BCUT2D eigenvalue weighted by molar-refractivity contribution is -0.152. The van der Waals surface area contributed by atoms with Crippen LogP contribution in [0.1, 0.15) is 33.6 Å². The van der Waals surface area contributed by atoms with Crippen LogP contribution < -0.4 is 5.32 Å². The minimum atomic E-state index is -0.251. The number of hydrogen-bond acceptors (Lipinski definition) is 4. The van der Waals surface area contributed by atoms with Crippen LogP contribution in [-0.2, 0) is 9.53 Å². The number of ether oxygens (including phenoxy) is 1. The van der Waals surface area contributed by atoms with Gasteiger partial charge in [0.2, 0.25) is 5.91 Å². The first kappa shape index (κ1) is 14.8. The van der Waals surface area contributed by atoms with E-state index >= 15 is 0 Å². The summed E-state index contributed by atoms with van der Waals surface area (Å²) in [5, 5.41) is 12.6. The topological polar surface area (TPSA) is 61.8 Å². The standard InChI is InChI=1S/C14H26N2O3/c1-10-7-16(8-11(9-17)19-10)13(18)12-14(2,3)5-4-6-15-12/h10-12,15,17H,4-9H2,1-3H3. The molecular weight excluding hydrogens is 244 g/mol. The Morgan fingerprint density at radius 3 is 2.84 bits per heavy atom. The molecule has 19 heavy (non-hydrogen) atoms. The number of aliphatic hydroxyl groups is 1. The Balaban J connectivity index is 2.05. The number of aliphatic hydroxyl groups excluding tert-OH is 1. The second kappa shape index (κ2) is 5.77. The van der Waals surface area contributed by atoms with Crippen LogP contribution in [0.25, 0.3) is 0 Å². The van der Waals surface area contributed by atoms with Gasteiger partial charge in [-0.1, -0.05) is 13.8 Å². The molecule has 0 aromatic heterocycles. The van der Waals surface area contributed by atoms with Crippen molar-refractivity contribution in [1.29, 1.82) is 0 Å². The molecule has 2 heterocycles. The smallest absolute Gasteiger partial charge is 0.240 e. The summed E-state index contributed by atoms with van der Waals surface area (Å²) in [7, 11) is 0. The van der Waals surface area contributed by atoms with Gasteiger partial charge in [-0.3, -0.25) is 4.79 Å². The highest BCUT2D eigenvalue weighted by Crippen LogP contribution is 2.31. The summed E-state index contributed by atoms with van der Waals surface area (Å²) in [5.41, 5.74) is -0.00835. The molecule has 5 nitrogen and oxygen atoms in total. The van der Waals surface area contributed by atoms with Crippen molar-refractivity contribution >= 4 is 5.91 Å². The summed E-state index contributed by atoms with van der Waals surface area (Å²) in [5.74, 6) is 0.151. The SMILES string of the molecule is CC1CN(C(=O)C2NCCCC2(C)C)CC(CO)O1. The first-order valence-corrected chi connectivity index (χ1v) is 7.22. The molecule has 2 aliphatic heterocycles. The third-order valence-electron chi connectivity index (χ3n) is 4.22. The van der Waals surface area contributed by atoms with Crippen LogP contribution in [0.4, 0.5) is 0 Å². The second-order valence-corrected chi connectivity index (χ2v) is 6.47. The van der Waals surface area contributed by atoms with Crippen LogP contribution in [0.3, 0.4) is 0 Å².